The summed E-state index contributed by atoms with van der Waals surface area (Å²) in [6.45, 7) is 8.97. The molecule has 4 rings (SSSR count). The van der Waals surface area contributed by atoms with Gasteiger partial charge in [-0.25, -0.2) is 0 Å². The van der Waals surface area contributed by atoms with E-state index in [0.29, 0.717) is 13.2 Å². The molecule has 6 heteroatoms. The van der Waals surface area contributed by atoms with Crippen LogP contribution in [0.2, 0.25) is 0 Å². The number of benzene rings is 4. The van der Waals surface area contributed by atoms with Crippen molar-refractivity contribution in [1.82, 2.24) is 15.7 Å². The van der Waals surface area contributed by atoms with Crippen LogP contribution in [0.1, 0.15) is 49.9 Å². The van der Waals surface area contributed by atoms with Crippen LogP contribution in [0, 0.1) is 5.41 Å². The highest BCUT2D eigenvalue weighted by atomic mass is 16.7. The molecule has 224 valence electrons. The zero-order valence-corrected chi connectivity index (χ0v) is 25.8. The predicted molar refractivity (Wildman–Crippen MR) is 172 cm³/mol. The zero-order valence-electron chi connectivity index (χ0n) is 25.8. The molecule has 0 aromatic heterocycles. The Morgan fingerprint density at radius 1 is 0.581 bits per heavy atom. The van der Waals surface area contributed by atoms with Crippen LogP contribution in [-0.4, -0.2) is 43.7 Å². The van der Waals surface area contributed by atoms with Crippen LogP contribution in [-0.2, 0) is 25.3 Å². The number of amides is 2. The van der Waals surface area contributed by atoms with Gasteiger partial charge < -0.3 is 10.6 Å². The summed E-state index contributed by atoms with van der Waals surface area (Å²) in [4.78, 5) is 33.4. The van der Waals surface area contributed by atoms with Crippen LogP contribution in [0.4, 0.5) is 0 Å². The van der Waals surface area contributed by atoms with Crippen molar-refractivity contribution in [3.63, 3.8) is 0 Å². The monoisotopic (exact) mass is 577 g/mol. The van der Waals surface area contributed by atoms with Crippen molar-refractivity contribution in [3.05, 3.63) is 144 Å². The number of hydrogen-bond acceptors (Lipinski definition) is 4. The number of nitrogens with one attached hydrogen (secondary N) is 2. The van der Waals surface area contributed by atoms with Gasteiger partial charge in [-0.05, 0) is 36.1 Å². The molecule has 4 aromatic rings. The van der Waals surface area contributed by atoms with Crippen molar-refractivity contribution < 1.29 is 14.4 Å². The SMILES string of the molecule is CN(CNC(=O)C(C)(c1ccccc1)c1ccccc1)OCC(C)(C)CNC(=O)C(C)(c1ccccc1)c1ccccc1. The van der Waals surface area contributed by atoms with Crippen molar-refractivity contribution >= 4 is 11.8 Å². The first-order valence-corrected chi connectivity index (χ1v) is 14.7. The summed E-state index contributed by atoms with van der Waals surface area (Å²) >= 11 is 0. The molecule has 43 heavy (non-hydrogen) atoms. The predicted octanol–water partition coefficient (Wildman–Crippen LogP) is 6.08. The van der Waals surface area contributed by atoms with Gasteiger partial charge in [-0.15, -0.1) is 0 Å². The van der Waals surface area contributed by atoms with Crippen LogP contribution < -0.4 is 10.6 Å². The molecule has 2 amide bonds. The molecule has 0 heterocycles. The van der Waals surface area contributed by atoms with Gasteiger partial charge in [-0.2, -0.15) is 5.06 Å². The topological polar surface area (TPSA) is 70.7 Å². The minimum Gasteiger partial charge on any atom is -0.354 e. The molecule has 0 bridgehead atoms. The maximum absolute atomic E-state index is 13.7. The lowest BCUT2D eigenvalue weighted by Crippen LogP contribution is -2.48. The minimum absolute atomic E-state index is 0.0697. The van der Waals surface area contributed by atoms with E-state index in [1.165, 1.54) is 0 Å². The minimum atomic E-state index is -0.864. The summed E-state index contributed by atoms with van der Waals surface area (Å²) in [6.07, 6.45) is 0. The smallest absolute Gasteiger partial charge is 0.235 e. The Morgan fingerprint density at radius 3 is 1.26 bits per heavy atom. The molecule has 0 radical (unpaired) electrons. The second-order valence-electron chi connectivity index (χ2n) is 12.1. The largest absolute Gasteiger partial charge is 0.354 e. The van der Waals surface area contributed by atoms with E-state index in [2.05, 4.69) is 10.6 Å². The number of carbonyl (C=O) groups excluding carboxylic acids is 2. The molecule has 0 saturated carbocycles. The number of nitrogens with zero attached hydrogens (tertiary/aromatic N) is 1. The van der Waals surface area contributed by atoms with Gasteiger partial charge in [0, 0.05) is 19.0 Å². The summed E-state index contributed by atoms with van der Waals surface area (Å²) in [5, 5.41) is 7.86. The highest BCUT2D eigenvalue weighted by Crippen LogP contribution is 2.33. The van der Waals surface area contributed by atoms with Crippen LogP contribution >= 0.6 is 0 Å². The number of hydroxylamine groups is 2. The van der Waals surface area contributed by atoms with Gasteiger partial charge in [0.2, 0.25) is 11.8 Å². The van der Waals surface area contributed by atoms with Crippen LogP contribution in [0.5, 0.6) is 0 Å². The molecule has 0 aliphatic heterocycles. The summed E-state index contributed by atoms with van der Waals surface area (Å²) in [5.74, 6) is -0.187. The summed E-state index contributed by atoms with van der Waals surface area (Å²) in [7, 11) is 1.79. The molecule has 0 saturated heterocycles. The van der Waals surface area contributed by atoms with Crippen molar-refractivity contribution in [2.24, 2.45) is 5.41 Å². The third-order valence-corrected chi connectivity index (χ3v) is 8.18. The maximum atomic E-state index is 13.7. The number of hydrogen-bond donors (Lipinski definition) is 2. The first kappa shape index (κ1) is 31.7. The Balaban J connectivity index is 1.35. The highest BCUT2D eigenvalue weighted by molar-refractivity contribution is 5.92. The Bertz CT molecular complexity index is 1380. The van der Waals surface area contributed by atoms with Gasteiger partial charge in [0.05, 0.1) is 24.1 Å². The third kappa shape index (κ3) is 7.39. The second-order valence-corrected chi connectivity index (χ2v) is 12.1. The average molecular weight is 578 g/mol. The molecular formula is C37H43N3O3. The normalized spacial score (nSPS) is 12.1. The zero-order chi connectivity index (χ0) is 30.9. The third-order valence-electron chi connectivity index (χ3n) is 8.18. The number of carbonyl (C=O) groups is 2. The molecule has 0 aliphatic rings. The van der Waals surface area contributed by atoms with Gasteiger partial charge in [-0.3, -0.25) is 14.4 Å². The lowest BCUT2D eigenvalue weighted by molar-refractivity contribution is -0.169. The molecule has 4 aromatic carbocycles. The van der Waals surface area contributed by atoms with Crippen molar-refractivity contribution in [2.45, 2.75) is 38.5 Å². The molecule has 0 unspecified atom stereocenters. The maximum Gasteiger partial charge on any atom is 0.235 e. The molecule has 6 nitrogen and oxygen atoms in total. The summed E-state index contributed by atoms with van der Waals surface area (Å²) in [5.41, 5.74) is 1.61. The van der Waals surface area contributed by atoms with Crippen molar-refractivity contribution in [3.8, 4) is 0 Å². The van der Waals surface area contributed by atoms with E-state index in [4.69, 9.17) is 4.84 Å². The lowest BCUT2D eigenvalue weighted by atomic mass is 9.75. The van der Waals surface area contributed by atoms with E-state index in [-0.39, 0.29) is 23.9 Å². The standard InChI is InChI=1S/C37H43N3O3/c1-35(2,26-38-33(41)36(3,29-18-10-6-11-19-29)30-20-12-7-13-21-30)27-43-40(5)28-39-34(42)37(4,31-22-14-8-15-23-31)32-24-16-9-17-25-32/h6-25H,26-28H2,1-5H3,(H,38,41)(H,39,42). The van der Waals surface area contributed by atoms with Crippen LogP contribution in [0.25, 0.3) is 0 Å². The van der Waals surface area contributed by atoms with Gasteiger partial charge in [0.25, 0.3) is 0 Å². The molecule has 0 aliphatic carbocycles. The fourth-order valence-corrected chi connectivity index (χ4v) is 5.18. The van der Waals surface area contributed by atoms with E-state index < -0.39 is 10.8 Å². The summed E-state index contributed by atoms with van der Waals surface area (Å²) < 4.78 is 0. The molecule has 0 atom stereocenters. The fraction of sp³-hybridized carbons (Fsp3) is 0.297. The Morgan fingerprint density at radius 2 is 0.907 bits per heavy atom. The molecule has 0 spiro atoms. The summed E-state index contributed by atoms with van der Waals surface area (Å²) in [6, 6.07) is 39.3. The van der Waals surface area contributed by atoms with E-state index >= 15 is 0 Å². The quantitative estimate of drug-likeness (QED) is 0.149. The first-order chi connectivity index (χ1) is 20.6. The van der Waals surface area contributed by atoms with Gasteiger partial charge >= 0.3 is 0 Å². The van der Waals surface area contributed by atoms with E-state index in [1.54, 1.807) is 12.1 Å². The fourth-order valence-electron chi connectivity index (χ4n) is 5.18. The van der Waals surface area contributed by atoms with Gasteiger partial charge in [-0.1, -0.05) is 135 Å². The molecule has 0 fully saturated rings. The van der Waals surface area contributed by atoms with Crippen LogP contribution in [0.15, 0.2) is 121 Å². The van der Waals surface area contributed by atoms with E-state index in [1.807, 2.05) is 149 Å². The van der Waals surface area contributed by atoms with Crippen molar-refractivity contribution in [1.29, 1.82) is 0 Å². The molecule has 2 N–H and O–H groups in total. The average Bonchev–Trinajstić information content (AvgIpc) is 3.06. The van der Waals surface area contributed by atoms with E-state index in [0.717, 1.165) is 22.3 Å². The van der Waals surface area contributed by atoms with Gasteiger partial charge in [0.1, 0.15) is 0 Å². The first-order valence-electron chi connectivity index (χ1n) is 14.7. The Hall–Kier alpha value is -4.26. The number of rotatable bonds is 13. The Kier molecular flexibility index (Phi) is 10.2. The molecular weight excluding hydrogens is 534 g/mol. The lowest BCUT2D eigenvalue weighted by Gasteiger charge is -2.33. The van der Waals surface area contributed by atoms with Crippen molar-refractivity contribution in [2.75, 3.05) is 26.9 Å². The highest BCUT2D eigenvalue weighted by Gasteiger charge is 2.38. The van der Waals surface area contributed by atoms with Gasteiger partial charge in [0.15, 0.2) is 0 Å². The van der Waals surface area contributed by atoms with E-state index in [9.17, 15) is 9.59 Å². The van der Waals surface area contributed by atoms with Crippen LogP contribution in [0.3, 0.4) is 0 Å². The second kappa shape index (κ2) is 13.8. The Labute approximate surface area is 256 Å².